The molecule has 0 aliphatic carbocycles. The van der Waals surface area contributed by atoms with Gasteiger partial charge in [0.15, 0.2) is 0 Å². The van der Waals surface area contributed by atoms with Crippen molar-refractivity contribution in [3.63, 3.8) is 0 Å². The molecule has 4 aromatic rings. The number of carbonyl (C=O) groups is 1. The van der Waals surface area contributed by atoms with Crippen molar-refractivity contribution in [1.29, 1.82) is 0 Å². The smallest absolute Gasteiger partial charge is 0.257 e. The van der Waals surface area contributed by atoms with Crippen LogP contribution in [0, 0.1) is 0 Å². The number of nitrogens with zero attached hydrogens (tertiary/aromatic N) is 3. The molecule has 2 heterocycles. The van der Waals surface area contributed by atoms with Crippen molar-refractivity contribution in [3.8, 4) is 10.8 Å². The van der Waals surface area contributed by atoms with Crippen LogP contribution in [0.15, 0.2) is 69.3 Å². The lowest BCUT2D eigenvalue weighted by atomic mass is 10.1. The molecule has 0 bridgehead atoms. The number of rotatable bonds is 8. The zero-order chi connectivity index (χ0) is 20.1. The Labute approximate surface area is 177 Å². The van der Waals surface area contributed by atoms with Crippen LogP contribution in [-0.4, -0.2) is 33.3 Å². The number of thioether (sulfide) groups is 1. The third kappa shape index (κ3) is 4.86. The van der Waals surface area contributed by atoms with Crippen molar-refractivity contribution >= 4 is 39.8 Å². The minimum Gasteiger partial charge on any atom is -0.418 e. The van der Waals surface area contributed by atoms with E-state index in [-0.39, 0.29) is 5.91 Å². The van der Waals surface area contributed by atoms with Gasteiger partial charge in [-0.2, -0.15) is 0 Å². The fraction of sp³-hybridized carbons (Fsp3) is 0.227. The van der Waals surface area contributed by atoms with Crippen molar-refractivity contribution in [3.05, 3.63) is 65.9 Å². The molecular formula is C22H21N3O2S2. The molecule has 0 saturated heterocycles. The Kier molecular flexibility index (Phi) is 6.27. The lowest BCUT2D eigenvalue weighted by Gasteiger charge is -2.20. The zero-order valence-electron chi connectivity index (χ0n) is 16.1. The maximum atomic E-state index is 12.8. The number of thiophene rings is 1. The van der Waals surface area contributed by atoms with Crippen molar-refractivity contribution in [1.82, 2.24) is 15.1 Å². The molecule has 0 aliphatic rings. The van der Waals surface area contributed by atoms with E-state index in [2.05, 4.69) is 47.5 Å². The van der Waals surface area contributed by atoms with Crippen LogP contribution in [0.2, 0.25) is 0 Å². The van der Waals surface area contributed by atoms with Crippen LogP contribution < -0.4 is 0 Å². The summed E-state index contributed by atoms with van der Waals surface area (Å²) in [5.74, 6) is 1.42. The summed E-state index contributed by atoms with van der Waals surface area (Å²) in [5.41, 5.74) is 0. The second-order valence-corrected chi connectivity index (χ2v) is 8.59. The maximum absolute atomic E-state index is 12.8. The average molecular weight is 424 g/mol. The van der Waals surface area contributed by atoms with Crippen LogP contribution in [0.3, 0.4) is 0 Å². The highest BCUT2D eigenvalue weighted by Gasteiger charge is 2.18. The predicted molar refractivity (Wildman–Crippen MR) is 118 cm³/mol. The summed E-state index contributed by atoms with van der Waals surface area (Å²) in [6, 6.07) is 18.4. The molecule has 0 atom stereocenters. The highest BCUT2D eigenvalue weighted by molar-refractivity contribution is 8.00. The molecule has 4 rings (SSSR count). The molecule has 0 N–H and O–H groups in total. The molecule has 5 nitrogen and oxygen atoms in total. The number of hydrogen-bond donors (Lipinski definition) is 0. The van der Waals surface area contributed by atoms with Gasteiger partial charge in [0, 0.05) is 11.4 Å². The molecule has 0 aliphatic heterocycles. The van der Waals surface area contributed by atoms with Gasteiger partial charge in [-0.3, -0.25) is 4.79 Å². The van der Waals surface area contributed by atoms with E-state index in [0.29, 0.717) is 30.6 Å². The summed E-state index contributed by atoms with van der Waals surface area (Å²) in [7, 11) is 0. The molecule has 2 aromatic carbocycles. The summed E-state index contributed by atoms with van der Waals surface area (Å²) >= 11 is 3.11. The molecule has 7 heteroatoms. The first kappa shape index (κ1) is 19.7. The Morgan fingerprint density at radius 2 is 1.97 bits per heavy atom. The molecule has 0 saturated carbocycles. The predicted octanol–water partition coefficient (Wildman–Crippen LogP) is 5.48. The van der Waals surface area contributed by atoms with Crippen molar-refractivity contribution in [2.45, 2.75) is 24.8 Å². The molecule has 0 unspecified atom stereocenters. The molecule has 1 amide bonds. The minimum absolute atomic E-state index is 0.0703. The Balaban J connectivity index is 1.40. The fourth-order valence-electron chi connectivity index (χ4n) is 3.04. The second kappa shape index (κ2) is 9.24. The zero-order valence-corrected chi connectivity index (χ0v) is 17.7. The summed E-state index contributed by atoms with van der Waals surface area (Å²) in [6.45, 7) is 3.05. The SMILES string of the molecule is CCCN(Cc1nnc(-c2cccs2)o1)C(=O)CSc1ccc2ccccc2c1. The first-order chi connectivity index (χ1) is 14.2. The lowest BCUT2D eigenvalue weighted by molar-refractivity contribution is -0.129. The third-order valence-corrected chi connectivity index (χ3v) is 6.29. The quantitative estimate of drug-likeness (QED) is 0.351. The van der Waals surface area contributed by atoms with Gasteiger partial charge in [-0.05, 0) is 40.8 Å². The number of amides is 1. The Morgan fingerprint density at radius 3 is 2.76 bits per heavy atom. The molecular weight excluding hydrogens is 402 g/mol. The molecule has 2 aromatic heterocycles. The van der Waals surface area contributed by atoms with Crippen molar-refractivity contribution < 1.29 is 9.21 Å². The molecule has 0 spiro atoms. The normalized spacial score (nSPS) is 11.1. The molecule has 29 heavy (non-hydrogen) atoms. The Bertz CT molecular complexity index is 1090. The van der Waals surface area contributed by atoms with E-state index in [1.165, 1.54) is 10.8 Å². The summed E-state index contributed by atoms with van der Waals surface area (Å²) in [5, 5.41) is 12.6. The highest BCUT2D eigenvalue weighted by Crippen LogP contribution is 2.25. The number of hydrogen-bond acceptors (Lipinski definition) is 6. The number of fused-ring (bicyclic) bond motifs is 1. The van der Waals surface area contributed by atoms with Crippen LogP contribution >= 0.6 is 23.1 Å². The van der Waals surface area contributed by atoms with E-state index in [1.54, 1.807) is 28.0 Å². The largest absolute Gasteiger partial charge is 0.418 e. The number of carbonyl (C=O) groups excluding carboxylic acids is 1. The van der Waals surface area contributed by atoms with Gasteiger partial charge in [0.25, 0.3) is 5.89 Å². The van der Waals surface area contributed by atoms with E-state index in [4.69, 9.17) is 4.42 Å². The van der Waals surface area contributed by atoms with Gasteiger partial charge in [0.05, 0.1) is 17.2 Å². The van der Waals surface area contributed by atoms with Gasteiger partial charge >= 0.3 is 0 Å². The Hall–Kier alpha value is -2.64. The molecule has 0 fully saturated rings. The number of benzene rings is 2. The molecule has 148 valence electrons. The van der Waals surface area contributed by atoms with E-state index >= 15 is 0 Å². The fourth-order valence-corrected chi connectivity index (χ4v) is 4.53. The second-order valence-electron chi connectivity index (χ2n) is 6.59. The topological polar surface area (TPSA) is 59.2 Å². The van der Waals surface area contributed by atoms with Crippen molar-refractivity contribution in [2.75, 3.05) is 12.3 Å². The van der Waals surface area contributed by atoms with Crippen LogP contribution in [0.4, 0.5) is 0 Å². The molecule has 0 radical (unpaired) electrons. The van der Waals surface area contributed by atoms with Gasteiger partial charge < -0.3 is 9.32 Å². The van der Waals surface area contributed by atoms with Gasteiger partial charge in [0.1, 0.15) is 0 Å². The van der Waals surface area contributed by atoms with Gasteiger partial charge in [-0.1, -0.05) is 43.3 Å². The van der Waals surface area contributed by atoms with E-state index in [0.717, 1.165) is 16.2 Å². The van der Waals surface area contributed by atoms with Gasteiger partial charge in [0.2, 0.25) is 11.8 Å². The van der Waals surface area contributed by atoms with Crippen LogP contribution in [0.1, 0.15) is 19.2 Å². The van der Waals surface area contributed by atoms with Gasteiger partial charge in [-0.25, -0.2) is 0 Å². The standard InChI is InChI=1S/C22H21N3O2S2/c1-2-11-25(14-20-23-24-22(27-20)19-8-5-12-28-19)21(26)15-29-18-10-9-16-6-3-4-7-17(16)13-18/h3-10,12-13H,2,11,14-15H2,1H3. The van der Waals surface area contributed by atoms with E-state index < -0.39 is 0 Å². The van der Waals surface area contributed by atoms with Crippen molar-refractivity contribution in [2.24, 2.45) is 0 Å². The lowest BCUT2D eigenvalue weighted by Crippen LogP contribution is -2.32. The first-order valence-corrected chi connectivity index (χ1v) is 11.3. The van der Waals surface area contributed by atoms with Crippen LogP contribution in [0.25, 0.3) is 21.5 Å². The van der Waals surface area contributed by atoms with E-state index in [1.807, 2.05) is 29.6 Å². The van der Waals surface area contributed by atoms with Gasteiger partial charge in [-0.15, -0.1) is 33.3 Å². The summed E-state index contributed by atoms with van der Waals surface area (Å²) < 4.78 is 5.75. The average Bonchev–Trinajstić information content (AvgIpc) is 3.43. The third-order valence-electron chi connectivity index (χ3n) is 4.45. The highest BCUT2D eigenvalue weighted by atomic mass is 32.2. The van der Waals surface area contributed by atoms with Crippen LogP contribution in [-0.2, 0) is 11.3 Å². The Morgan fingerprint density at radius 1 is 1.10 bits per heavy atom. The first-order valence-electron chi connectivity index (χ1n) is 9.48. The minimum atomic E-state index is 0.0703. The monoisotopic (exact) mass is 423 g/mol. The van der Waals surface area contributed by atoms with E-state index in [9.17, 15) is 4.79 Å². The summed E-state index contributed by atoms with van der Waals surface area (Å²) in [6.07, 6.45) is 0.873. The van der Waals surface area contributed by atoms with Crippen LogP contribution in [0.5, 0.6) is 0 Å². The maximum Gasteiger partial charge on any atom is 0.257 e. The number of aromatic nitrogens is 2. The summed E-state index contributed by atoms with van der Waals surface area (Å²) in [4.78, 5) is 16.6.